The highest BCUT2D eigenvalue weighted by atomic mass is 35.5. The van der Waals surface area contributed by atoms with Crippen molar-refractivity contribution >= 4 is 12.4 Å². The van der Waals surface area contributed by atoms with Crippen molar-refractivity contribution in [1.82, 2.24) is 5.32 Å². The van der Waals surface area contributed by atoms with Crippen LogP contribution in [0.2, 0.25) is 0 Å². The fraction of sp³-hybridized carbons (Fsp3) is 1.00. The van der Waals surface area contributed by atoms with Gasteiger partial charge in [-0.15, -0.1) is 12.4 Å². The largest absolute Gasteiger partial charge is 0.361 e. The molecule has 1 aliphatic heterocycles. The van der Waals surface area contributed by atoms with Crippen LogP contribution in [0.1, 0.15) is 20.8 Å². The van der Waals surface area contributed by atoms with Crippen LogP contribution in [0, 0.1) is 5.92 Å². The Kier molecular flexibility index (Phi) is 3.63. The van der Waals surface area contributed by atoms with Crippen molar-refractivity contribution in [2.45, 2.75) is 26.5 Å². The summed E-state index contributed by atoms with van der Waals surface area (Å²) in [5.74, 6) is 0.665. The third-order valence-corrected chi connectivity index (χ3v) is 1.60. The lowest BCUT2D eigenvalue weighted by Crippen LogP contribution is -2.49. The van der Waals surface area contributed by atoms with Gasteiger partial charge in [-0.1, -0.05) is 6.92 Å². The summed E-state index contributed by atoms with van der Waals surface area (Å²) < 4.78 is 5.47. The van der Waals surface area contributed by atoms with E-state index in [1.807, 2.05) is 0 Å². The van der Waals surface area contributed by atoms with Gasteiger partial charge in [0.05, 0.1) is 6.61 Å². The molecule has 1 aliphatic rings. The van der Waals surface area contributed by atoms with Gasteiger partial charge in [-0.25, -0.2) is 0 Å². The predicted octanol–water partition coefficient (Wildman–Crippen LogP) is 1.40. The van der Waals surface area contributed by atoms with Gasteiger partial charge in [0.2, 0.25) is 0 Å². The molecule has 1 heterocycles. The van der Waals surface area contributed by atoms with Crippen LogP contribution in [0.4, 0.5) is 0 Å². The van der Waals surface area contributed by atoms with E-state index < -0.39 is 0 Å². The molecule has 1 fully saturated rings. The highest BCUT2D eigenvalue weighted by Crippen LogP contribution is 2.12. The summed E-state index contributed by atoms with van der Waals surface area (Å²) in [6.45, 7) is 8.26. The van der Waals surface area contributed by atoms with Crippen molar-refractivity contribution in [3.8, 4) is 0 Å². The zero-order valence-electron chi connectivity index (χ0n) is 6.81. The molecule has 1 unspecified atom stereocenters. The molecule has 3 heteroatoms. The molecule has 10 heavy (non-hydrogen) atoms. The highest BCUT2D eigenvalue weighted by Gasteiger charge is 2.23. The molecule has 0 spiro atoms. The number of rotatable bonds is 0. The van der Waals surface area contributed by atoms with Crippen LogP contribution >= 0.6 is 12.4 Å². The Hall–Kier alpha value is 0.210. The fourth-order valence-corrected chi connectivity index (χ4v) is 0.881. The minimum Gasteiger partial charge on any atom is -0.361 e. The number of hydrogen-bond acceptors (Lipinski definition) is 2. The van der Waals surface area contributed by atoms with Crippen LogP contribution in [0.25, 0.3) is 0 Å². The van der Waals surface area contributed by atoms with E-state index in [2.05, 4.69) is 26.1 Å². The van der Waals surface area contributed by atoms with Crippen LogP contribution in [0.3, 0.4) is 0 Å². The maximum absolute atomic E-state index is 5.47. The summed E-state index contributed by atoms with van der Waals surface area (Å²) in [5, 5.41) is 3.29. The quantitative estimate of drug-likeness (QED) is 0.586. The van der Waals surface area contributed by atoms with E-state index in [9.17, 15) is 0 Å². The van der Waals surface area contributed by atoms with Gasteiger partial charge < -0.3 is 4.74 Å². The molecule has 1 rings (SSSR count). The Morgan fingerprint density at radius 3 is 2.40 bits per heavy atom. The van der Waals surface area contributed by atoms with E-state index in [4.69, 9.17) is 4.74 Å². The van der Waals surface area contributed by atoms with E-state index in [0.717, 1.165) is 13.2 Å². The van der Waals surface area contributed by atoms with Crippen molar-refractivity contribution in [2.75, 3.05) is 13.2 Å². The normalized spacial score (nSPS) is 30.9. The van der Waals surface area contributed by atoms with Crippen LogP contribution in [-0.4, -0.2) is 18.9 Å². The summed E-state index contributed by atoms with van der Waals surface area (Å²) in [6.07, 6.45) is 0. The van der Waals surface area contributed by atoms with Crippen LogP contribution in [0.5, 0.6) is 0 Å². The van der Waals surface area contributed by atoms with Gasteiger partial charge in [0.1, 0.15) is 5.72 Å². The number of ether oxygens (including phenoxy) is 1. The maximum Gasteiger partial charge on any atom is 0.113 e. The first-order valence-electron chi connectivity index (χ1n) is 3.49. The zero-order chi connectivity index (χ0) is 6.91. The zero-order valence-corrected chi connectivity index (χ0v) is 7.62. The smallest absolute Gasteiger partial charge is 0.113 e. The second kappa shape index (κ2) is 3.56. The molecular formula is C7H16ClNO. The van der Waals surface area contributed by atoms with Crippen LogP contribution in [-0.2, 0) is 4.74 Å². The second-order valence-electron chi connectivity index (χ2n) is 3.31. The number of nitrogens with one attached hydrogen (secondary N) is 1. The van der Waals surface area contributed by atoms with E-state index >= 15 is 0 Å². The van der Waals surface area contributed by atoms with Crippen molar-refractivity contribution in [1.29, 1.82) is 0 Å². The lowest BCUT2D eigenvalue weighted by molar-refractivity contribution is -0.0876. The first kappa shape index (κ1) is 10.2. The molecular weight excluding hydrogens is 150 g/mol. The molecule has 0 radical (unpaired) electrons. The maximum atomic E-state index is 5.47. The van der Waals surface area contributed by atoms with Crippen molar-refractivity contribution < 1.29 is 4.74 Å². The van der Waals surface area contributed by atoms with Gasteiger partial charge in [0.15, 0.2) is 0 Å². The lowest BCUT2D eigenvalue weighted by atomic mass is 10.1. The molecule has 0 aromatic heterocycles. The van der Waals surface area contributed by atoms with E-state index in [0.29, 0.717) is 5.92 Å². The van der Waals surface area contributed by atoms with Gasteiger partial charge in [-0.3, -0.25) is 5.32 Å². The summed E-state index contributed by atoms with van der Waals surface area (Å²) in [6, 6.07) is 0. The van der Waals surface area contributed by atoms with E-state index in [1.165, 1.54) is 0 Å². The molecule has 1 atom stereocenters. The minimum absolute atomic E-state index is 0. The minimum atomic E-state index is -0.0908. The Balaban J connectivity index is 0.000000810. The standard InChI is InChI=1S/C7H15NO.ClH/c1-6-4-8-7(2,3)9-5-6;/h6,8H,4-5H2,1-3H3;1H. The lowest BCUT2D eigenvalue weighted by Gasteiger charge is -2.34. The summed E-state index contributed by atoms with van der Waals surface area (Å²) >= 11 is 0. The third-order valence-electron chi connectivity index (χ3n) is 1.60. The van der Waals surface area contributed by atoms with Gasteiger partial charge in [-0.2, -0.15) is 0 Å². The van der Waals surface area contributed by atoms with Crippen molar-refractivity contribution in [3.63, 3.8) is 0 Å². The number of hydrogen-bond donors (Lipinski definition) is 1. The SMILES string of the molecule is CC1CNC(C)(C)OC1.Cl. The molecule has 0 saturated carbocycles. The Morgan fingerprint density at radius 1 is 1.50 bits per heavy atom. The Bertz CT molecular complexity index is 95.8. The van der Waals surface area contributed by atoms with Crippen molar-refractivity contribution in [2.24, 2.45) is 5.92 Å². The van der Waals surface area contributed by atoms with Gasteiger partial charge in [-0.05, 0) is 19.8 Å². The van der Waals surface area contributed by atoms with Gasteiger partial charge in [0.25, 0.3) is 0 Å². The fourth-order valence-electron chi connectivity index (χ4n) is 0.881. The van der Waals surface area contributed by atoms with Crippen LogP contribution in [0.15, 0.2) is 0 Å². The van der Waals surface area contributed by atoms with E-state index in [-0.39, 0.29) is 18.1 Å². The second-order valence-corrected chi connectivity index (χ2v) is 3.31. The monoisotopic (exact) mass is 165 g/mol. The average molecular weight is 166 g/mol. The predicted molar refractivity (Wildman–Crippen MR) is 44.4 cm³/mol. The molecule has 0 aromatic carbocycles. The molecule has 62 valence electrons. The topological polar surface area (TPSA) is 21.3 Å². The van der Waals surface area contributed by atoms with E-state index in [1.54, 1.807) is 0 Å². The molecule has 2 nitrogen and oxygen atoms in total. The van der Waals surface area contributed by atoms with Crippen LogP contribution < -0.4 is 5.32 Å². The molecule has 0 aromatic rings. The summed E-state index contributed by atoms with van der Waals surface area (Å²) in [7, 11) is 0. The van der Waals surface area contributed by atoms with Gasteiger partial charge in [0, 0.05) is 6.54 Å². The first-order chi connectivity index (χ1) is 4.10. The summed E-state index contributed by atoms with van der Waals surface area (Å²) in [4.78, 5) is 0. The molecule has 1 saturated heterocycles. The molecule has 0 amide bonds. The molecule has 1 N–H and O–H groups in total. The first-order valence-corrected chi connectivity index (χ1v) is 3.49. The molecule has 0 aliphatic carbocycles. The van der Waals surface area contributed by atoms with Gasteiger partial charge >= 0.3 is 0 Å². The third kappa shape index (κ3) is 2.86. The Labute approximate surface area is 68.7 Å². The summed E-state index contributed by atoms with van der Waals surface area (Å²) in [5.41, 5.74) is -0.0908. The van der Waals surface area contributed by atoms with Crippen molar-refractivity contribution in [3.05, 3.63) is 0 Å². The Morgan fingerprint density at radius 2 is 2.10 bits per heavy atom. The average Bonchev–Trinajstić information content (AvgIpc) is 1.78. The highest BCUT2D eigenvalue weighted by molar-refractivity contribution is 5.85. The molecule has 0 bridgehead atoms. The number of halogens is 1.